The number of phosphoric ester groups is 1. The minimum Gasteiger partial charge on any atom is -0.367 e. The second-order valence-corrected chi connectivity index (χ2v) is 7.41. The molecule has 6 heteroatoms. The molecule has 0 N–H and O–H groups in total. The number of carbonyl (C=O) groups excluding carboxylic acids is 1. The third-order valence-corrected chi connectivity index (χ3v) is 4.50. The zero-order valence-corrected chi connectivity index (χ0v) is 15.2. The molecule has 0 bridgehead atoms. The van der Waals surface area contributed by atoms with Gasteiger partial charge in [-0.2, -0.15) is 0 Å². The summed E-state index contributed by atoms with van der Waals surface area (Å²) in [6, 6.07) is 3.75. The molecule has 5 nitrogen and oxygen atoms in total. The molecule has 0 atom stereocenters. The number of benzene rings is 1. The lowest BCUT2D eigenvalue weighted by Gasteiger charge is -2.22. The molecule has 124 valence electrons. The van der Waals surface area contributed by atoms with Gasteiger partial charge in [0.1, 0.15) is 0 Å². The van der Waals surface area contributed by atoms with Crippen LogP contribution in [0.2, 0.25) is 0 Å². The lowest BCUT2D eigenvalue weighted by molar-refractivity contribution is 0.0490. The van der Waals surface area contributed by atoms with Crippen molar-refractivity contribution in [2.45, 2.75) is 60.7 Å². The Balaban J connectivity index is 3.09. The van der Waals surface area contributed by atoms with E-state index in [4.69, 9.17) is 13.6 Å². The van der Waals surface area contributed by atoms with E-state index in [1.807, 2.05) is 32.9 Å². The molecule has 1 aromatic rings. The van der Waals surface area contributed by atoms with Gasteiger partial charge in [0.05, 0.1) is 17.8 Å². The SMILES string of the molecule is Cc1cc(C)c(C(=O)OP(=O)(OC(C)C)OC(C)C)c(C)c1. The van der Waals surface area contributed by atoms with Crippen LogP contribution >= 0.6 is 7.82 Å². The molecule has 0 aliphatic heterocycles. The highest BCUT2D eigenvalue weighted by Crippen LogP contribution is 2.52. The normalized spacial score (nSPS) is 12.0. The van der Waals surface area contributed by atoms with Crippen molar-refractivity contribution in [2.75, 3.05) is 0 Å². The van der Waals surface area contributed by atoms with Crippen LogP contribution in [0.5, 0.6) is 0 Å². The Hall–Kier alpha value is -1.16. The Morgan fingerprint density at radius 1 is 0.955 bits per heavy atom. The highest BCUT2D eigenvalue weighted by Gasteiger charge is 2.35. The van der Waals surface area contributed by atoms with Crippen LogP contribution in [-0.4, -0.2) is 18.2 Å². The van der Waals surface area contributed by atoms with E-state index in [1.54, 1.807) is 27.7 Å². The zero-order valence-electron chi connectivity index (χ0n) is 14.3. The first kappa shape index (κ1) is 18.9. The molecule has 22 heavy (non-hydrogen) atoms. The van der Waals surface area contributed by atoms with Gasteiger partial charge >= 0.3 is 13.8 Å². The Labute approximate surface area is 132 Å². The first-order valence-corrected chi connectivity index (χ1v) is 8.78. The topological polar surface area (TPSA) is 61.8 Å². The summed E-state index contributed by atoms with van der Waals surface area (Å²) in [6.45, 7) is 12.4. The molecule has 0 spiro atoms. The van der Waals surface area contributed by atoms with E-state index in [2.05, 4.69) is 0 Å². The second-order valence-electron chi connectivity index (χ2n) is 5.91. The van der Waals surface area contributed by atoms with Gasteiger partial charge in [0, 0.05) is 0 Å². The van der Waals surface area contributed by atoms with Gasteiger partial charge in [-0.25, -0.2) is 9.36 Å². The highest BCUT2D eigenvalue weighted by atomic mass is 31.2. The highest BCUT2D eigenvalue weighted by molar-refractivity contribution is 7.49. The van der Waals surface area contributed by atoms with Crippen molar-refractivity contribution >= 4 is 13.8 Å². The van der Waals surface area contributed by atoms with E-state index in [9.17, 15) is 9.36 Å². The van der Waals surface area contributed by atoms with Gasteiger partial charge in [-0.1, -0.05) is 17.7 Å². The van der Waals surface area contributed by atoms with E-state index in [0.29, 0.717) is 5.56 Å². The maximum absolute atomic E-state index is 12.6. The molecule has 0 heterocycles. The second kappa shape index (κ2) is 7.40. The van der Waals surface area contributed by atoms with Crippen LogP contribution in [0.1, 0.15) is 54.7 Å². The lowest BCUT2D eigenvalue weighted by atomic mass is 10.0. The summed E-state index contributed by atoms with van der Waals surface area (Å²) in [5, 5.41) is 0. The molecule has 0 radical (unpaired) electrons. The van der Waals surface area contributed by atoms with Crippen molar-refractivity contribution in [3.05, 3.63) is 34.4 Å². The maximum atomic E-state index is 12.6. The summed E-state index contributed by atoms with van der Waals surface area (Å²) in [7, 11) is -3.95. The molecule has 0 aliphatic rings. The fraction of sp³-hybridized carbons (Fsp3) is 0.562. The lowest BCUT2D eigenvalue weighted by Crippen LogP contribution is -2.15. The van der Waals surface area contributed by atoms with Crippen molar-refractivity contribution in [1.29, 1.82) is 0 Å². The summed E-state index contributed by atoms with van der Waals surface area (Å²) in [4.78, 5) is 12.4. The zero-order chi connectivity index (χ0) is 17.1. The number of hydrogen-bond acceptors (Lipinski definition) is 5. The van der Waals surface area contributed by atoms with Crippen molar-refractivity contribution in [2.24, 2.45) is 0 Å². The number of rotatable bonds is 6. The van der Waals surface area contributed by atoms with Crippen LogP contribution in [0.4, 0.5) is 0 Å². The minimum atomic E-state index is -3.95. The Morgan fingerprint density at radius 2 is 1.36 bits per heavy atom. The van der Waals surface area contributed by atoms with Gasteiger partial charge in [0.25, 0.3) is 0 Å². The number of carbonyl (C=O) groups is 1. The Bertz CT molecular complexity index is 555. The molecule has 0 aromatic heterocycles. The molecule has 0 aliphatic carbocycles. The van der Waals surface area contributed by atoms with Crippen molar-refractivity contribution < 1.29 is 22.9 Å². The van der Waals surface area contributed by atoms with Crippen LogP contribution in [0.3, 0.4) is 0 Å². The van der Waals surface area contributed by atoms with Gasteiger partial charge in [-0.3, -0.25) is 9.05 Å². The molecular weight excluding hydrogens is 303 g/mol. The quantitative estimate of drug-likeness (QED) is 0.707. The number of phosphoric acid groups is 1. The molecule has 0 saturated heterocycles. The summed E-state index contributed by atoms with van der Waals surface area (Å²) in [5.41, 5.74) is 2.98. The third-order valence-electron chi connectivity index (χ3n) is 2.76. The van der Waals surface area contributed by atoms with E-state index >= 15 is 0 Å². The third kappa shape index (κ3) is 5.24. The predicted octanol–water partition coefficient (Wildman–Crippen LogP) is 4.73. The number of hydrogen-bond donors (Lipinski definition) is 0. The van der Waals surface area contributed by atoms with Gasteiger partial charge in [0.2, 0.25) is 0 Å². The standard InChI is InChI=1S/C16H25O5P/c1-10(2)19-22(18,20-11(3)4)21-16(17)15-13(6)8-12(5)9-14(15)7/h8-11H,1-7H3. The van der Waals surface area contributed by atoms with Crippen LogP contribution in [0.15, 0.2) is 12.1 Å². The molecule has 0 fully saturated rings. The van der Waals surface area contributed by atoms with E-state index in [0.717, 1.165) is 16.7 Å². The fourth-order valence-electron chi connectivity index (χ4n) is 2.23. The van der Waals surface area contributed by atoms with Crippen LogP contribution < -0.4 is 0 Å². The molecule has 0 amide bonds. The minimum absolute atomic E-state index is 0.391. The molecule has 1 rings (SSSR count). The van der Waals surface area contributed by atoms with Gasteiger partial charge in [-0.05, 0) is 59.6 Å². The average Bonchev–Trinajstić information content (AvgIpc) is 2.22. The van der Waals surface area contributed by atoms with Gasteiger partial charge in [-0.15, -0.1) is 0 Å². The van der Waals surface area contributed by atoms with E-state index in [1.165, 1.54) is 0 Å². The van der Waals surface area contributed by atoms with Crippen molar-refractivity contribution in [3.8, 4) is 0 Å². The first-order chi connectivity index (χ1) is 10.0. The summed E-state index contributed by atoms with van der Waals surface area (Å²) >= 11 is 0. The summed E-state index contributed by atoms with van der Waals surface area (Å²) in [5.74, 6) is -0.695. The summed E-state index contributed by atoms with van der Waals surface area (Å²) in [6.07, 6.45) is -0.782. The summed E-state index contributed by atoms with van der Waals surface area (Å²) < 4.78 is 28.2. The Morgan fingerprint density at radius 3 is 1.73 bits per heavy atom. The molecule has 0 unspecified atom stereocenters. The van der Waals surface area contributed by atoms with Crippen molar-refractivity contribution in [1.82, 2.24) is 0 Å². The molecule has 1 aromatic carbocycles. The van der Waals surface area contributed by atoms with Crippen LogP contribution in [-0.2, 0) is 18.1 Å². The fourth-order valence-corrected chi connectivity index (χ4v) is 3.70. The van der Waals surface area contributed by atoms with E-state index < -0.39 is 26.0 Å². The van der Waals surface area contributed by atoms with Crippen molar-refractivity contribution in [3.63, 3.8) is 0 Å². The van der Waals surface area contributed by atoms with E-state index in [-0.39, 0.29) is 0 Å². The largest absolute Gasteiger partial charge is 0.532 e. The molecular formula is C16H25O5P. The monoisotopic (exact) mass is 328 g/mol. The maximum Gasteiger partial charge on any atom is 0.532 e. The average molecular weight is 328 g/mol. The smallest absolute Gasteiger partial charge is 0.367 e. The van der Waals surface area contributed by atoms with Gasteiger partial charge < -0.3 is 4.52 Å². The molecule has 0 saturated carbocycles. The van der Waals surface area contributed by atoms with Crippen LogP contribution in [0.25, 0.3) is 0 Å². The number of aryl methyl sites for hydroxylation is 3. The van der Waals surface area contributed by atoms with Crippen LogP contribution in [0, 0.1) is 20.8 Å². The Kier molecular flexibility index (Phi) is 6.36. The predicted molar refractivity (Wildman–Crippen MR) is 86.1 cm³/mol. The van der Waals surface area contributed by atoms with Gasteiger partial charge in [0.15, 0.2) is 0 Å². The first-order valence-electron chi connectivity index (χ1n) is 7.32.